The summed E-state index contributed by atoms with van der Waals surface area (Å²) in [6.45, 7) is 5.65. The Balaban J connectivity index is 2.30. The SMILES string of the molecule is CCOC(=O)[C@@H](C)Sc1nc(=O)n2cc(C)ccc2n1. The maximum absolute atomic E-state index is 11.9. The highest BCUT2D eigenvalue weighted by molar-refractivity contribution is 8.00. The van der Waals surface area contributed by atoms with Crippen LogP contribution in [0.25, 0.3) is 5.65 Å². The van der Waals surface area contributed by atoms with Gasteiger partial charge in [0, 0.05) is 6.20 Å². The van der Waals surface area contributed by atoms with Gasteiger partial charge in [-0.05, 0) is 32.4 Å². The molecule has 2 heterocycles. The van der Waals surface area contributed by atoms with Crippen molar-refractivity contribution in [1.82, 2.24) is 14.4 Å². The number of rotatable bonds is 4. The van der Waals surface area contributed by atoms with Crippen molar-refractivity contribution in [2.45, 2.75) is 31.2 Å². The molecular weight excluding hydrogens is 278 g/mol. The van der Waals surface area contributed by atoms with E-state index in [-0.39, 0.29) is 11.1 Å². The van der Waals surface area contributed by atoms with Crippen molar-refractivity contribution in [2.24, 2.45) is 0 Å². The lowest BCUT2D eigenvalue weighted by atomic mass is 10.3. The fraction of sp³-hybridized carbons (Fsp3) is 0.385. The molecule has 0 spiro atoms. The number of aromatic nitrogens is 3. The molecule has 20 heavy (non-hydrogen) atoms. The molecule has 0 aliphatic carbocycles. The number of carbonyl (C=O) groups excluding carboxylic acids is 1. The van der Waals surface area contributed by atoms with Gasteiger partial charge in [0.25, 0.3) is 0 Å². The van der Waals surface area contributed by atoms with Crippen molar-refractivity contribution < 1.29 is 9.53 Å². The van der Waals surface area contributed by atoms with Gasteiger partial charge in [0.15, 0.2) is 5.16 Å². The first kappa shape index (κ1) is 14.5. The van der Waals surface area contributed by atoms with Gasteiger partial charge in [-0.1, -0.05) is 17.8 Å². The molecule has 0 aliphatic rings. The van der Waals surface area contributed by atoms with Crippen LogP contribution in [-0.4, -0.2) is 32.2 Å². The number of fused-ring (bicyclic) bond motifs is 1. The molecule has 0 fully saturated rings. The Hall–Kier alpha value is -1.89. The Bertz CT molecular complexity index is 699. The van der Waals surface area contributed by atoms with E-state index in [1.807, 2.05) is 13.0 Å². The molecule has 0 saturated heterocycles. The van der Waals surface area contributed by atoms with E-state index in [0.29, 0.717) is 12.3 Å². The largest absolute Gasteiger partial charge is 0.465 e. The van der Waals surface area contributed by atoms with Gasteiger partial charge >= 0.3 is 11.7 Å². The molecule has 2 rings (SSSR count). The normalized spacial score (nSPS) is 12.3. The van der Waals surface area contributed by atoms with Gasteiger partial charge in [-0.3, -0.25) is 9.20 Å². The van der Waals surface area contributed by atoms with Crippen LogP contribution in [0, 0.1) is 6.92 Å². The van der Waals surface area contributed by atoms with Crippen molar-refractivity contribution in [3.8, 4) is 0 Å². The molecule has 0 radical (unpaired) electrons. The molecule has 0 aliphatic heterocycles. The zero-order chi connectivity index (χ0) is 14.7. The number of hydrogen-bond acceptors (Lipinski definition) is 6. The summed E-state index contributed by atoms with van der Waals surface area (Å²) in [7, 11) is 0. The molecule has 2 aromatic rings. The van der Waals surface area contributed by atoms with Crippen molar-refractivity contribution in [3.05, 3.63) is 34.4 Å². The highest BCUT2D eigenvalue weighted by Gasteiger charge is 2.17. The molecule has 6 nitrogen and oxygen atoms in total. The number of hydrogen-bond donors (Lipinski definition) is 0. The molecule has 2 aromatic heterocycles. The van der Waals surface area contributed by atoms with Crippen LogP contribution >= 0.6 is 11.8 Å². The van der Waals surface area contributed by atoms with Crippen molar-refractivity contribution >= 4 is 23.4 Å². The third-order valence-corrected chi connectivity index (χ3v) is 3.52. The van der Waals surface area contributed by atoms with Crippen LogP contribution < -0.4 is 5.69 Å². The Morgan fingerprint density at radius 1 is 1.45 bits per heavy atom. The number of aryl methyl sites for hydroxylation is 1. The maximum atomic E-state index is 11.9. The molecule has 106 valence electrons. The number of carbonyl (C=O) groups is 1. The number of thioether (sulfide) groups is 1. The van der Waals surface area contributed by atoms with E-state index in [0.717, 1.165) is 17.3 Å². The van der Waals surface area contributed by atoms with E-state index in [1.165, 1.54) is 4.40 Å². The van der Waals surface area contributed by atoms with Crippen LogP contribution in [0.1, 0.15) is 19.4 Å². The summed E-state index contributed by atoms with van der Waals surface area (Å²) in [5, 5.41) is -0.179. The lowest BCUT2D eigenvalue weighted by molar-refractivity contribution is -0.142. The number of ether oxygens (including phenoxy) is 1. The standard InChI is InChI=1S/C13H15N3O3S/c1-4-19-11(17)9(3)20-12-14-10-6-5-8(2)7-16(10)13(18)15-12/h5-7,9H,4H2,1-3H3/t9-/m1/s1. The lowest BCUT2D eigenvalue weighted by Gasteiger charge is -2.09. The summed E-state index contributed by atoms with van der Waals surface area (Å²) in [6.07, 6.45) is 1.68. The summed E-state index contributed by atoms with van der Waals surface area (Å²) in [5.74, 6) is -0.342. The van der Waals surface area contributed by atoms with E-state index in [1.54, 1.807) is 26.1 Å². The van der Waals surface area contributed by atoms with Crippen LogP contribution in [0.5, 0.6) is 0 Å². The molecule has 7 heteroatoms. The van der Waals surface area contributed by atoms with E-state index in [4.69, 9.17) is 4.74 Å². The number of nitrogens with zero attached hydrogens (tertiary/aromatic N) is 3. The van der Waals surface area contributed by atoms with Crippen molar-refractivity contribution in [1.29, 1.82) is 0 Å². The van der Waals surface area contributed by atoms with Gasteiger partial charge in [0.2, 0.25) is 0 Å². The summed E-state index contributed by atoms with van der Waals surface area (Å²) in [6, 6.07) is 3.61. The topological polar surface area (TPSA) is 73.6 Å². The van der Waals surface area contributed by atoms with E-state index >= 15 is 0 Å². The lowest BCUT2D eigenvalue weighted by Crippen LogP contribution is -2.21. The second-order valence-corrected chi connectivity index (χ2v) is 5.54. The monoisotopic (exact) mass is 293 g/mol. The Labute approximate surface area is 120 Å². The maximum Gasteiger partial charge on any atom is 0.355 e. The summed E-state index contributed by atoms with van der Waals surface area (Å²) >= 11 is 1.11. The minimum absolute atomic E-state index is 0.277. The summed E-state index contributed by atoms with van der Waals surface area (Å²) in [5.41, 5.74) is 1.05. The van der Waals surface area contributed by atoms with Gasteiger partial charge < -0.3 is 4.74 Å². The first-order valence-corrected chi connectivity index (χ1v) is 7.09. The van der Waals surface area contributed by atoms with Gasteiger partial charge in [-0.2, -0.15) is 4.98 Å². The molecule has 0 N–H and O–H groups in total. The average Bonchev–Trinajstić information content (AvgIpc) is 2.40. The fourth-order valence-electron chi connectivity index (χ4n) is 1.62. The van der Waals surface area contributed by atoms with E-state index in [9.17, 15) is 9.59 Å². The zero-order valence-corrected chi connectivity index (χ0v) is 12.3. The van der Waals surface area contributed by atoms with Gasteiger partial charge in [0.05, 0.1) is 6.61 Å². The molecular formula is C13H15N3O3S. The fourth-order valence-corrected chi connectivity index (χ4v) is 2.38. The van der Waals surface area contributed by atoms with Crippen molar-refractivity contribution in [2.75, 3.05) is 6.61 Å². The second-order valence-electron chi connectivity index (χ2n) is 4.24. The highest BCUT2D eigenvalue weighted by atomic mass is 32.2. The summed E-state index contributed by atoms with van der Waals surface area (Å²) < 4.78 is 6.29. The minimum Gasteiger partial charge on any atom is -0.465 e. The predicted octanol–water partition coefficient (Wildman–Crippen LogP) is 1.44. The molecule has 0 unspecified atom stereocenters. The van der Waals surface area contributed by atoms with Crippen molar-refractivity contribution in [3.63, 3.8) is 0 Å². The molecule has 0 aromatic carbocycles. The molecule has 0 bridgehead atoms. The molecule has 0 saturated carbocycles. The van der Waals surface area contributed by atoms with E-state index in [2.05, 4.69) is 9.97 Å². The number of pyridine rings is 1. The minimum atomic E-state index is -0.456. The van der Waals surface area contributed by atoms with Crippen LogP contribution in [-0.2, 0) is 9.53 Å². The third kappa shape index (κ3) is 3.16. The Kier molecular flexibility index (Phi) is 4.39. The average molecular weight is 293 g/mol. The van der Waals surface area contributed by atoms with Crippen LogP contribution in [0.3, 0.4) is 0 Å². The first-order valence-electron chi connectivity index (χ1n) is 6.21. The van der Waals surface area contributed by atoms with Gasteiger partial charge in [-0.25, -0.2) is 9.78 Å². The molecule has 0 amide bonds. The smallest absolute Gasteiger partial charge is 0.355 e. The van der Waals surface area contributed by atoms with Crippen LogP contribution in [0.15, 0.2) is 28.3 Å². The highest BCUT2D eigenvalue weighted by Crippen LogP contribution is 2.19. The predicted molar refractivity (Wildman–Crippen MR) is 75.9 cm³/mol. The third-order valence-electron chi connectivity index (χ3n) is 2.58. The van der Waals surface area contributed by atoms with E-state index < -0.39 is 10.9 Å². The van der Waals surface area contributed by atoms with Crippen LogP contribution in [0.4, 0.5) is 0 Å². The van der Waals surface area contributed by atoms with Gasteiger partial charge in [-0.15, -0.1) is 0 Å². The summed E-state index contributed by atoms with van der Waals surface area (Å²) in [4.78, 5) is 31.6. The zero-order valence-electron chi connectivity index (χ0n) is 11.5. The quantitative estimate of drug-likeness (QED) is 0.627. The van der Waals surface area contributed by atoms with Gasteiger partial charge in [0.1, 0.15) is 10.9 Å². The van der Waals surface area contributed by atoms with Crippen LogP contribution in [0.2, 0.25) is 0 Å². The number of esters is 1. The Morgan fingerprint density at radius 3 is 2.90 bits per heavy atom. The first-order chi connectivity index (χ1) is 9.51. The second kappa shape index (κ2) is 6.04. The Morgan fingerprint density at radius 2 is 2.20 bits per heavy atom. The molecule has 1 atom stereocenters.